The number of nitrogens with zero attached hydrogens (tertiary/aromatic N) is 2. The molecule has 1 N–H and O–H groups in total. The Bertz CT molecular complexity index is 1060. The SMILES string of the molecule is COc1ccc(S(=O)(=O)Nc2ccccc2C)cc1-c1nc(C(C)C)no1. The van der Waals surface area contributed by atoms with Gasteiger partial charge in [0.15, 0.2) is 5.82 Å². The van der Waals surface area contributed by atoms with Gasteiger partial charge >= 0.3 is 0 Å². The fourth-order valence-corrected chi connectivity index (χ4v) is 3.65. The molecule has 3 aromatic rings. The summed E-state index contributed by atoms with van der Waals surface area (Å²) >= 11 is 0. The van der Waals surface area contributed by atoms with Crippen LogP contribution in [0, 0.1) is 6.92 Å². The van der Waals surface area contributed by atoms with E-state index in [2.05, 4.69) is 14.9 Å². The minimum Gasteiger partial charge on any atom is -0.496 e. The molecule has 0 spiro atoms. The molecule has 0 atom stereocenters. The average Bonchev–Trinajstić information content (AvgIpc) is 3.13. The van der Waals surface area contributed by atoms with Crippen LogP contribution in [0.4, 0.5) is 5.69 Å². The Hall–Kier alpha value is -2.87. The number of sulfonamides is 1. The Morgan fingerprint density at radius 2 is 1.89 bits per heavy atom. The molecule has 0 aliphatic heterocycles. The van der Waals surface area contributed by atoms with E-state index < -0.39 is 10.0 Å². The third-order valence-electron chi connectivity index (χ3n) is 4.06. The molecule has 0 saturated heterocycles. The van der Waals surface area contributed by atoms with Gasteiger partial charge in [-0.1, -0.05) is 37.2 Å². The fourth-order valence-electron chi connectivity index (χ4n) is 2.49. The largest absolute Gasteiger partial charge is 0.496 e. The zero-order valence-electron chi connectivity index (χ0n) is 15.6. The summed E-state index contributed by atoms with van der Waals surface area (Å²) in [6.45, 7) is 5.72. The van der Waals surface area contributed by atoms with E-state index in [0.29, 0.717) is 22.8 Å². The Labute approximate surface area is 158 Å². The number of methoxy groups -OCH3 is 1. The van der Waals surface area contributed by atoms with E-state index in [1.165, 1.54) is 19.2 Å². The van der Waals surface area contributed by atoms with E-state index in [4.69, 9.17) is 9.26 Å². The zero-order chi connectivity index (χ0) is 19.6. The Morgan fingerprint density at radius 1 is 1.15 bits per heavy atom. The summed E-state index contributed by atoms with van der Waals surface area (Å²) in [6.07, 6.45) is 0. The van der Waals surface area contributed by atoms with Gasteiger partial charge in [-0.15, -0.1) is 0 Å². The number of aryl methyl sites for hydroxylation is 1. The normalized spacial score (nSPS) is 11.6. The molecular weight excluding hydrogens is 366 g/mol. The topological polar surface area (TPSA) is 94.3 Å². The van der Waals surface area contributed by atoms with Gasteiger partial charge in [-0.05, 0) is 36.8 Å². The third kappa shape index (κ3) is 3.95. The highest BCUT2D eigenvalue weighted by molar-refractivity contribution is 7.92. The number of anilines is 1. The summed E-state index contributed by atoms with van der Waals surface area (Å²) in [7, 11) is -2.30. The average molecular weight is 387 g/mol. The second-order valence-electron chi connectivity index (χ2n) is 6.39. The van der Waals surface area contributed by atoms with Gasteiger partial charge in [-0.2, -0.15) is 4.98 Å². The number of hydrogen-bond acceptors (Lipinski definition) is 6. The molecule has 2 aromatic carbocycles. The zero-order valence-corrected chi connectivity index (χ0v) is 16.4. The number of nitrogens with one attached hydrogen (secondary N) is 1. The summed E-state index contributed by atoms with van der Waals surface area (Å²) in [5.41, 5.74) is 1.77. The quantitative estimate of drug-likeness (QED) is 0.687. The van der Waals surface area contributed by atoms with Gasteiger partial charge in [0.1, 0.15) is 5.75 Å². The van der Waals surface area contributed by atoms with Crippen LogP contribution in [0.5, 0.6) is 5.75 Å². The van der Waals surface area contributed by atoms with Crippen molar-refractivity contribution in [3.63, 3.8) is 0 Å². The lowest BCUT2D eigenvalue weighted by atomic mass is 10.2. The van der Waals surface area contributed by atoms with Crippen LogP contribution in [-0.4, -0.2) is 25.7 Å². The summed E-state index contributed by atoms with van der Waals surface area (Å²) < 4.78 is 38.9. The van der Waals surface area contributed by atoms with Crippen molar-refractivity contribution >= 4 is 15.7 Å². The van der Waals surface area contributed by atoms with Crippen LogP contribution >= 0.6 is 0 Å². The van der Waals surface area contributed by atoms with E-state index in [9.17, 15) is 8.42 Å². The fraction of sp³-hybridized carbons (Fsp3) is 0.263. The maximum Gasteiger partial charge on any atom is 0.261 e. The monoisotopic (exact) mass is 387 g/mol. The van der Waals surface area contributed by atoms with E-state index in [1.54, 1.807) is 18.2 Å². The first-order valence-electron chi connectivity index (χ1n) is 8.42. The highest BCUT2D eigenvalue weighted by atomic mass is 32.2. The molecule has 3 rings (SSSR count). The molecule has 8 heteroatoms. The molecule has 0 fully saturated rings. The number of rotatable bonds is 6. The first-order valence-corrected chi connectivity index (χ1v) is 9.90. The van der Waals surface area contributed by atoms with Gasteiger partial charge in [0.05, 0.1) is 23.3 Å². The number of aromatic nitrogens is 2. The summed E-state index contributed by atoms with van der Waals surface area (Å²) in [5, 5.41) is 3.93. The van der Waals surface area contributed by atoms with Gasteiger partial charge in [0.25, 0.3) is 15.9 Å². The van der Waals surface area contributed by atoms with Crippen molar-refractivity contribution in [2.75, 3.05) is 11.8 Å². The standard InChI is InChI=1S/C19H21N3O4S/c1-12(2)18-20-19(26-21-18)15-11-14(9-10-17(15)25-4)27(23,24)22-16-8-6-5-7-13(16)3/h5-12,22H,1-4H3. The van der Waals surface area contributed by atoms with Crippen LogP contribution in [0.25, 0.3) is 11.5 Å². The molecule has 7 nitrogen and oxygen atoms in total. The second-order valence-corrected chi connectivity index (χ2v) is 8.08. The number of para-hydroxylation sites is 1. The molecule has 0 aliphatic carbocycles. The molecule has 0 bridgehead atoms. The molecule has 0 aliphatic rings. The van der Waals surface area contributed by atoms with Crippen molar-refractivity contribution in [3.05, 3.63) is 53.9 Å². The van der Waals surface area contributed by atoms with E-state index >= 15 is 0 Å². The molecule has 142 valence electrons. The van der Waals surface area contributed by atoms with Crippen molar-refractivity contribution in [1.82, 2.24) is 10.1 Å². The first kappa shape index (κ1) is 18.9. The van der Waals surface area contributed by atoms with Gasteiger partial charge < -0.3 is 9.26 Å². The number of hydrogen-bond donors (Lipinski definition) is 1. The van der Waals surface area contributed by atoms with Crippen LogP contribution < -0.4 is 9.46 Å². The lowest BCUT2D eigenvalue weighted by Gasteiger charge is -2.12. The van der Waals surface area contributed by atoms with Crippen molar-refractivity contribution in [3.8, 4) is 17.2 Å². The van der Waals surface area contributed by atoms with Gasteiger partial charge in [0.2, 0.25) is 0 Å². The predicted molar refractivity (Wildman–Crippen MR) is 102 cm³/mol. The predicted octanol–water partition coefficient (Wildman–Crippen LogP) is 3.98. The summed E-state index contributed by atoms with van der Waals surface area (Å²) in [6, 6.07) is 11.7. The Kier molecular flexibility index (Phi) is 5.18. The summed E-state index contributed by atoms with van der Waals surface area (Å²) in [4.78, 5) is 4.41. The van der Waals surface area contributed by atoms with Crippen LogP contribution in [0.1, 0.15) is 31.2 Å². The maximum atomic E-state index is 12.8. The first-order chi connectivity index (χ1) is 12.8. The minimum absolute atomic E-state index is 0.0749. The summed E-state index contributed by atoms with van der Waals surface area (Å²) in [5.74, 6) is 1.29. The van der Waals surface area contributed by atoms with Gasteiger partial charge in [-0.3, -0.25) is 4.72 Å². The van der Waals surface area contributed by atoms with E-state index in [0.717, 1.165) is 5.56 Å². The van der Waals surface area contributed by atoms with Crippen LogP contribution in [0.15, 0.2) is 51.9 Å². The smallest absolute Gasteiger partial charge is 0.261 e. The number of ether oxygens (including phenoxy) is 1. The molecule has 0 unspecified atom stereocenters. The lowest BCUT2D eigenvalue weighted by molar-refractivity contribution is 0.401. The van der Waals surface area contributed by atoms with Crippen LogP contribution in [0.3, 0.4) is 0 Å². The minimum atomic E-state index is -3.80. The molecule has 0 amide bonds. The van der Waals surface area contributed by atoms with E-state index in [-0.39, 0.29) is 16.7 Å². The van der Waals surface area contributed by atoms with Crippen molar-refractivity contribution in [2.45, 2.75) is 31.6 Å². The Morgan fingerprint density at radius 3 is 2.52 bits per heavy atom. The molecule has 0 radical (unpaired) electrons. The molecule has 1 aromatic heterocycles. The van der Waals surface area contributed by atoms with Crippen molar-refractivity contribution in [1.29, 1.82) is 0 Å². The maximum absolute atomic E-state index is 12.8. The lowest BCUT2D eigenvalue weighted by Crippen LogP contribution is -2.14. The molecule has 0 saturated carbocycles. The van der Waals surface area contributed by atoms with Crippen LogP contribution in [0.2, 0.25) is 0 Å². The molecular formula is C19H21N3O4S. The molecule has 1 heterocycles. The number of benzene rings is 2. The van der Waals surface area contributed by atoms with Crippen molar-refractivity contribution < 1.29 is 17.7 Å². The second kappa shape index (κ2) is 7.40. The van der Waals surface area contributed by atoms with E-state index in [1.807, 2.05) is 32.9 Å². The van der Waals surface area contributed by atoms with Crippen molar-refractivity contribution in [2.24, 2.45) is 0 Å². The third-order valence-corrected chi connectivity index (χ3v) is 5.42. The van der Waals surface area contributed by atoms with Gasteiger partial charge in [0, 0.05) is 5.92 Å². The molecule has 27 heavy (non-hydrogen) atoms. The highest BCUT2D eigenvalue weighted by Crippen LogP contribution is 2.32. The highest BCUT2D eigenvalue weighted by Gasteiger charge is 2.21. The van der Waals surface area contributed by atoms with Crippen LogP contribution in [-0.2, 0) is 10.0 Å². The van der Waals surface area contributed by atoms with Gasteiger partial charge in [-0.25, -0.2) is 8.42 Å². The Balaban J connectivity index is 2.02.